The Morgan fingerprint density at radius 3 is 1.92 bits per heavy atom. The van der Waals surface area contributed by atoms with Crippen LogP contribution in [0, 0.1) is 0 Å². The molecule has 0 saturated carbocycles. The van der Waals surface area contributed by atoms with Crippen LogP contribution in [0.4, 0.5) is 0 Å². The molecular formula is C10H21BrO2. The van der Waals surface area contributed by atoms with Crippen molar-refractivity contribution < 1.29 is 9.90 Å². The number of hydrogen-bond donors (Lipinski definition) is 1. The smallest absolute Gasteiger partial charge is 0.303 e. The number of rotatable bonds is 8. The molecule has 0 atom stereocenters. The first kappa shape index (κ1) is 15.4. The van der Waals surface area contributed by atoms with Crippen LogP contribution in [0.3, 0.4) is 0 Å². The van der Waals surface area contributed by atoms with Crippen molar-refractivity contribution >= 4 is 23.0 Å². The molecule has 2 nitrogen and oxygen atoms in total. The van der Waals surface area contributed by atoms with Crippen LogP contribution in [0.2, 0.25) is 0 Å². The number of carboxylic acid groups (broad SMARTS) is 1. The van der Waals surface area contributed by atoms with Gasteiger partial charge in [0.05, 0.1) is 0 Å². The van der Waals surface area contributed by atoms with Crippen LogP contribution in [0.5, 0.6) is 0 Å². The van der Waals surface area contributed by atoms with Crippen LogP contribution in [-0.4, -0.2) is 11.1 Å². The van der Waals surface area contributed by atoms with Crippen molar-refractivity contribution in [3.8, 4) is 0 Å². The summed E-state index contributed by atoms with van der Waals surface area (Å²) in [5.41, 5.74) is 0. The summed E-state index contributed by atoms with van der Waals surface area (Å²) in [7, 11) is 0. The predicted octanol–water partition coefficient (Wildman–Crippen LogP) is 3.79. The molecule has 0 spiro atoms. The predicted molar refractivity (Wildman–Crippen MR) is 60.6 cm³/mol. The highest BCUT2D eigenvalue weighted by Gasteiger charge is 1.95. The van der Waals surface area contributed by atoms with Gasteiger partial charge >= 0.3 is 5.97 Å². The van der Waals surface area contributed by atoms with Crippen LogP contribution in [-0.2, 0) is 4.79 Å². The third-order valence-electron chi connectivity index (χ3n) is 1.99. The second-order valence-electron chi connectivity index (χ2n) is 3.27. The van der Waals surface area contributed by atoms with Crippen LogP contribution in [0.25, 0.3) is 0 Å². The first-order valence-corrected chi connectivity index (χ1v) is 4.99. The Hall–Kier alpha value is -0.0500. The molecule has 0 amide bonds. The van der Waals surface area contributed by atoms with E-state index in [0.29, 0.717) is 6.42 Å². The summed E-state index contributed by atoms with van der Waals surface area (Å²) in [6.07, 6.45) is 8.64. The molecule has 0 aromatic rings. The third kappa shape index (κ3) is 14.8. The lowest BCUT2D eigenvalue weighted by Crippen LogP contribution is -1.93. The van der Waals surface area contributed by atoms with Gasteiger partial charge in [-0.1, -0.05) is 45.4 Å². The molecular weight excluding hydrogens is 232 g/mol. The second kappa shape index (κ2) is 11.9. The lowest BCUT2D eigenvalue weighted by Gasteiger charge is -1.98. The Balaban J connectivity index is 0. The third-order valence-corrected chi connectivity index (χ3v) is 1.99. The van der Waals surface area contributed by atoms with Crippen molar-refractivity contribution in [2.45, 2.75) is 58.3 Å². The van der Waals surface area contributed by atoms with Gasteiger partial charge in [-0.05, 0) is 6.42 Å². The van der Waals surface area contributed by atoms with Gasteiger partial charge in [0.15, 0.2) is 0 Å². The van der Waals surface area contributed by atoms with Gasteiger partial charge in [-0.25, -0.2) is 0 Å². The van der Waals surface area contributed by atoms with Gasteiger partial charge in [0, 0.05) is 6.42 Å². The Kier molecular flexibility index (Phi) is 14.2. The fourth-order valence-electron chi connectivity index (χ4n) is 1.23. The molecule has 0 aliphatic rings. The molecule has 13 heavy (non-hydrogen) atoms. The van der Waals surface area contributed by atoms with Crippen molar-refractivity contribution in [3.63, 3.8) is 0 Å². The monoisotopic (exact) mass is 252 g/mol. The summed E-state index contributed by atoms with van der Waals surface area (Å²) in [4.78, 5) is 10.1. The molecule has 0 aromatic carbocycles. The maximum atomic E-state index is 10.1. The molecule has 0 rings (SSSR count). The Bertz CT molecular complexity index is 115. The molecule has 80 valence electrons. The highest BCUT2D eigenvalue weighted by Crippen LogP contribution is 2.07. The zero-order valence-electron chi connectivity index (χ0n) is 8.42. The number of unbranched alkanes of at least 4 members (excludes halogenated alkanes) is 6. The number of hydrogen-bond acceptors (Lipinski definition) is 1. The summed E-state index contributed by atoms with van der Waals surface area (Å²) in [6, 6.07) is 0. The van der Waals surface area contributed by atoms with Crippen LogP contribution < -0.4 is 0 Å². The largest absolute Gasteiger partial charge is 0.481 e. The molecule has 0 aliphatic heterocycles. The maximum absolute atomic E-state index is 10.1. The molecule has 0 unspecified atom stereocenters. The Morgan fingerprint density at radius 2 is 1.46 bits per heavy atom. The average Bonchev–Trinajstić information content (AvgIpc) is 2.02. The summed E-state index contributed by atoms with van der Waals surface area (Å²) >= 11 is 0. The van der Waals surface area contributed by atoms with Crippen LogP contribution in [0.15, 0.2) is 0 Å². The van der Waals surface area contributed by atoms with Crippen molar-refractivity contribution in [2.75, 3.05) is 0 Å². The molecule has 0 heterocycles. The summed E-state index contributed by atoms with van der Waals surface area (Å²) < 4.78 is 0. The molecule has 0 radical (unpaired) electrons. The Morgan fingerprint density at radius 1 is 1.00 bits per heavy atom. The van der Waals surface area contributed by atoms with Gasteiger partial charge in [0.1, 0.15) is 0 Å². The van der Waals surface area contributed by atoms with Gasteiger partial charge in [-0.15, -0.1) is 17.0 Å². The number of carboxylic acids is 1. The quantitative estimate of drug-likeness (QED) is 0.668. The number of carbonyl (C=O) groups is 1. The van der Waals surface area contributed by atoms with Crippen LogP contribution in [0.1, 0.15) is 58.3 Å². The minimum atomic E-state index is -0.663. The molecule has 0 fully saturated rings. The van der Waals surface area contributed by atoms with Crippen LogP contribution >= 0.6 is 17.0 Å². The SMILES string of the molecule is Br.CCCCCCCCCC(=O)O. The van der Waals surface area contributed by atoms with Gasteiger partial charge < -0.3 is 5.11 Å². The lowest BCUT2D eigenvalue weighted by molar-refractivity contribution is -0.137. The zero-order chi connectivity index (χ0) is 9.23. The standard InChI is InChI=1S/C10H20O2.BrH/c1-2-3-4-5-6-7-8-9-10(11)12;/h2-9H2,1H3,(H,11,12);1H. The highest BCUT2D eigenvalue weighted by atomic mass is 79.9. The minimum absolute atomic E-state index is 0. The molecule has 0 bridgehead atoms. The minimum Gasteiger partial charge on any atom is -0.481 e. The average molecular weight is 253 g/mol. The van der Waals surface area contributed by atoms with E-state index in [9.17, 15) is 4.79 Å². The molecule has 0 aromatic heterocycles. The van der Waals surface area contributed by atoms with E-state index in [1.807, 2.05) is 0 Å². The van der Waals surface area contributed by atoms with Gasteiger partial charge in [-0.2, -0.15) is 0 Å². The molecule has 3 heteroatoms. The van der Waals surface area contributed by atoms with E-state index in [0.717, 1.165) is 12.8 Å². The first-order valence-electron chi connectivity index (χ1n) is 4.99. The van der Waals surface area contributed by atoms with E-state index in [1.165, 1.54) is 32.1 Å². The van der Waals surface area contributed by atoms with E-state index >= 15 is 0 Å². The fraction of sp³-hybridized carbons (Fsp3) is 0.900. The molecule has 0 saturated heterocycles. The van der Waals surface area contributed by atoms with Gasteiger partial charge in [0.25, 0.3) is 0 Å². The van der Waals surface area contributed by atoms with E-state index < -0.39 is 5.97 Å². The van der Waals surface area contributed by atoms with Crippen molar-refractivity contribution in [3.05, 3.63) is 0 Å². The van der Waals surface area contributed by atoms with E-state index in [4.69, 9.17) is 5.11 Å². The lowest BCUT2D eigenvalue weighted by atomic mass is 10.1. The van der Waals surface area contributed by atoms with Gasteiger partial charge in [-0.3, -0.25) is 4.79 Å². The second-order valence-corrected chi connectivity index (χ2v) is 3.27. The summed E-state index contributed by atoms with van der Waals surface area (Å²) in [5.74, 6) is -0.663. The fourth-order valence-corrected chi connectivity index (χ4v) is 1.23. The number of aliphatic carboxylic acids is 1. The topological polar surface area (TPSA) is 37.3 Å². The van der Waals surface area contributed by atoms with E-state index in [1.54, 1.807) is 0 Å². The highest BCUT2D eigenvalue weighted by molar-refractivity contribution is 8.93. The first-order chi connectivity index (χ1) is 5.77. The number of halogens is 1. The van der Waals surface area contributed by atoms with Crippen molar-refractivity contribution in [1.29, 1.82) is 0 Å². The normalized spacial score (nSPS) is 9.31. The molecule has 0 aliphatic carbocycles. The Labute approximate surface area is 91.5 Å². The maximum Gasteiger partial charge on any atom is 0.303 e. The van der Waals surface area contributed by atoms with E-state index in [-0.39, 0.29) is 17.0 Å². The summed E-state index contributed by atoms with van der Waals surface area (Å²) in [6.45, 7) is 2.20. The van der Waals surface area contributed by atoms with Crippen molar-refractivity contribution in [2.24, 2.45) is 0 Å². The molecule has 1 N–H and O–H groups in total. The van der Waals surface area contributed by atoms with Gasteiger partial charge in [0.2, 0.25) is 0 Å². The van der Waals surface area contributed by atoms with E-state index in [2.05, 4.69) is 6.92 Å². The summed E-state index contributed by atoms with van der Waals surface area (Å²) in [5, 5.41) is 8.35. The van der Waals surface area contributed by atoms with Crippen molar-refractivity contribution in [1.82, 2.24) is 0 Å². The zero-order valence-corrected chi connectivity index (χ0v) is 10.1.